The summed E-state index contributed by atoms with van der Waals surface area (Å²) in [5.41, 5.74) is 4.54. The molecular formula is C30H32N2O4. The van der Waals surface area contributed by atoms with Crippen LogP contribution in [0.4, 0.5) is 6.01 Å². The fraction of sp³-hybridized carbons (Fsp3) is 0.267. The number of hydrogen-bond donors (Lipinski definition) is 0. The van der Waals surface area contributed by atoms with E-state index in [1.165, 1.54) is 12.7 Å². The molecule has 186 valence electrons. The zero-order valence-corrected chi connectivity index (χ0v) is 20.9. The Morgan fingerprint density at radius 3 is 2.47 bits per heavy atom. The minimum atomic E-state index is -0.280. The van der Waals surface area contributed by atoms with E-state index in [-0.39, 0.29) is 5.97 Å². The molecule has 1 heterocycles. The Morgan fingerprint density at radius 1 is 0.972 bits per heavy atom. The molecule has 36 heavy (non-hydrogen) atoms. The molecule has 0 aliphatic rings. The predicted octanol–water partition coefficient (Wildman–Crippen LogP) is 6.31. The number of fused-ring (bicyclic) bond motifs is 1. The molecule has 4 rings (SSSR count). The van der Waals surface area contributed by atoms with Crippen LogP contribution in [-0.2, 0) is 16.0 Å². The van der Waals surface area contributed by atoms with Crippen LogP contribution >= 0.6 is 0 Å². The van der Waals surface area contributed by atoms with Gasteiger partial charge in [0.05, 0.1) is 13.7 Å². The number of hydrogen-bond acceptors (Lipinski definition) is 6. The Balaban J connectivity index is 1.27. The first kappa shape index (κ1) is 25.0. The van der Waals surface area contributed by atoms with E-state index >= 15 is 0 Å². The highest BCUT2D eigenvalue weighted by atomic mass is 16.5. The zero-order valence-electron chi connectivity index (χ0n) is 20.9. The number of aryl methyl sites for hydroxylation is 1. The summed E-state index contributed by atoms with van der Waals surface area (Å²) in [6.45, 7) is 1.11. The van der Waals surface area contributed by atoms with Crippen molar-refractivity contribution in [1.82, 2.24) is 4.98 Å². The number of benzene rings is 3. The normalized spacial score (nSPS) is 11.4. The molecule has 0 bridgehead atoms. The second-order valence-corrected chi connectivity index (χ2v) is 8.66. The number of nitrogens with zero attached hydrogens (tertiary/aromatic N) is 2. The van der Waals surface area contributed by atoms with Gasteiger partial charge in [0.25, 0.3) is 6.01 Å². The Kier molecular flexibility index (Phi) is 8.76. The Labute approximate surface area is 212 Å². The van der Waals surface area contributed by atoms with E-state index in [0.29, 0.717) is 31.2 Å². The number of unbranched alkanes of at least 4 members (excludes halogenated alkanes) is 1. The molecule has 0 aliphatic heterocycles. The van der Waals surface area contributed by atoms with Crippen molar-refractivity contribution in [2.75, 3.05) is 32.2 Å². The second-order valence-electron chi connectivity index (χ2n) is 8.66. The maximum atomic E-state index is 12.3. The van der Waals surface area contributed by atoms with Crippen molar-refractivity contribution in [3.8, 4) is 5.75 Å². The third kappa shape index (κ3) is 6.98. The standard InChI is InChI=1S/C30H32N2O4/c1-32(30-31-27-14-8-9-15-28(27)36-30)20-21-35-26-18-16-24(17-19-26)22-25(29(33)34-2)13-7-6-12-23-10-4-3-5-11-23/h3-5,8-11,14-19,22H,6-7,12-13,20-21H2,1-2H3/b25-22+. The molecular weight excluding hydrogens is 452 g/mol. The highest BCUT2D eigenvalue weighted by Crippen LogP contribution is 2.21. The molecule has 4 aromatic rings. The van der Waals surface area contributed by atoms with Gasteiger partial charge in [0.15, 0.2) is 5.58 Å². The van der Waals surface area contributed by atoms with E-state index < -0.39 is 0 Å². The number of rotatable bonds is 12. The van der Waals surface area contributed by atoms with Gasteiger partial charge in [0, 0.05) is 12.6 Å². The lowest BCUT2D eigenvalue weighted by atomic mass is 10.0. The van der Waals surface area contributed by atoms with E-state index in [2.05, 4.69) is 29.2 Å². The number of likely N-dealkylation sites (N-methyl/N-ethyl adjacent to an activating group) is 1. The first-order valence-electron chi connectivity index (χ1n) is 12.2. The highest BCUT2D eigenvalue weighted by Gasteiger charge is 2.11. The maximum Gasteiger partial charge on any atom is 0.333 e. The lowest BCUT2D eigenvalue weighted by Crippen LogP contribution is -2.23. The minimum Gasteiger partial charge on any atom is -0.492 e. The number of esters is 1. The third-order valence-electron chi connectivity index (χ3n) is 5.98. The average Bonchev–Trinajstić information content (AvgIpc) is 3.36. The van der Waals surface area contributed by atoms with Gasteiger partial charge in [0.2, 0.25) is 0 Å². The van der Waals surface area contributed by atoms with Crippen molar-refractivity contribution in [1.29, 1.82) is 0 Å². The molecule has 6 nitrogen and oxygen atoms in total. The zero-order chi connectivity index (χ0) is 25.2. The summed E-state index contributed by atoms with van der Waals surface area (Å²) in [4.78, 5) is 18.7. The number of methoxy groups -OCH3 is 1. The topological polar surface area (TPSA) is 64.8 Å². The van der Waals surface area contributed by atoms with Crippen LogP contribution in [0.15, 0.2) is 88.9 Å². The predicted molar refractivity (Wildman–Crippen MR) is 143 cm³/mol. The number of oxazole rings is 1. The first-order chi connectivity index (χ1) is 17.6. The lowest BCUT2D eigenvalue weighted by Gasteiger charge is -2.15. The maximum absolute atomic E-state index is 12.3. The minimum absolute atomic E-state index is 0.280. The number of carbonyl (C=O) groups excluding carboxylic acids is 1. The van der Waals surface area contributed by atoms with Gasteiger partial charge in [-0.25, -0.2) is 4.79 Å². The molecule has 0 aliphatic carbocycles. The van der Waals surface area contributed by atoms with Gasteiger partial charge in [0.1, 0.15) is 17.9 Å². The number of ether oxygens (including phenoxy) is 2. The van der Waals surface area contributed by atoms with Crippen molar-refractivity contribution in [3.05, 3.63) is 95.6 Å². The van der Waals surface area contributed by atoms with E-state index in [0.717, 1.165) is 41.7 Å². The fourth-order valence-electron chi connectivity index (χ4n) is 3.93. The molecule has 0 saturated carbocycles. The Bertz CT molecular complexity index is 1250. The average molecular weight is 485 g/mol. The number of para-hydroxylation sites is 2. The van der Waals surface area contributed by atoms with Crippen molar-refractivity contribution in [3.63, 3.8) is 0 Å². The van der Waals surface area contributed by atoms with Crippen molar-refractivity contribution >= 4 is 29.2 Å². The van der Waals surface area contributed by atoms with Crippen LogP contribution in [0.3, 0.4) is 0 Å². The van der Waals surface area contributed by atoms with Crippen LogP contribution in [0, 0.1) is 0 Å². The molecule has 0 spiro atoms. The van der Waals surface area contributed by atoms with Gasteiger partial charge < -0.3 is 18.8 Å². The molecule has 0 unspecified atom stereocenters. The van der Waals surface area contributed by atoms with Gasteiger partial charge in [-0.3, -0.25) is 0 Å². The van der Waals surface area contributed by atoms with E-state index in [1.54, 1.807) is 0 Å². The number of anilines is 1. The number of carbonyl (C=O) groups is 1. The summed E-state index contributed by atoms with van der Waals surface area (Å²) < 4.78 is 16.7. The van der Waals surface area contributed by atoms with Crippen molar-refractivity contribution in [2.45, 2.75) is 25.7 Å². The Hall–Kier alpha value is -4.06. The third-order valence-corrected chi connectivity index (χ3v) is 5.98. The molecule has 6 heteroatoms. The summed E-state index contributed by atoms with van der Waals surface area (Å²) in [6, 6.07) is 26.4. The summed E-state index contributed by atoms with van der Waals surface area (Å²) in [6.07, 6.45) is 5.52. The van der Waals surface area contributed by atoms with Gasteiger partial charge in [-0.05, 0) is 67.2 Å². The smallest absolute Gasteiger partial charge is 0.333 e. The molecule has 0 amide bonds. The molecule has 0 radical (unpaired) electrons. The van der Waals surface area contributed by atoms with E-state index in [9.17, 15) is 4.79 Å². The monoisotopic (exact) mass is 484 g/mol. The van der Waals surface area contributed by atoms with Crippen LogP contribution in [0.1, 0.15) is 30.4 Å². The highest BCUT2D eigenvalue weighted by molar-refractivity contribution is 5.93. The molecule has 0 N–H and O–H groups in total. The second kappa shape index (κ2) is 12.6. The summed E-state index contributed by atoms with van der Waals surface area (Å²) in [7, 11) is 3.35. The van der Waals surface area contributed by atoms with Gasteiger partial charge in [-0.2, -0.15) is 4.98 Å². The van der Waals surface area contributed by atoms with Crippen molar-refractivity contribution in [2.24, 2.45) is 0 Å². The van der Waals surface area contributed by atoms with Crippen LogP contribution in [0.25, 0.3) is 17.2 Å². The van der Waals surface area contributed by atoms with Crippen LogP contribution in [-0.4, -0.2) is 38.3 Å². The SMILES string of the molecule is COC(=O)/C(=C/c1ccc(OCCN(C)c2nc3ccccc3o2)cc1)CCCCc1ccccc1. The summed E-state index contributed by atoms with van der Waals surface area (Å²) in [5.74, 6) is 0.484. The van der Waals surface area contributed by atoms with Gasteiger partial charge in [-0.15, -0.1) is 0 Å². The molecule has 0 fully saturated rings. The summed E-state index contributed by atoms with van der Waals surface area (Å²) >= 11 is 0. The van der Waals surface area contributed by atoms with Gasteiger partial charge in [-0.1, -0.05) is 54.6 Å². The van der Waals surface area contributed by atoms with Crippen molar-refractivity contribution < 1.29 is 18.7 Å². The largest absolute Gasteiger partial charge is 0.492 e. The molecule has 0 atom stereocenters. The van der Waals surface area contributed by atoms with Gasteiger partial charge >= 0.3 is 5.97 Å². The lowest BCUT2D eigenvalue weighted by molar-refractivity contribution is -0.136. The molecule has 1 aromatic heterocycles. The quantitative estimate of drug-likeness (QED) is 0.133. The summed E-state index contributed by atoms with van der Waals surface area (Å²) in [5, 5.41) is 0. The number of aromatic nitrogens is 1. The van der Waals surface area contributed by atoms with Crippen LogP contribution in [0.5, 0.6) is 5.75 Å². The van der Waals surface area contributed by atoms with E-state index in [4.69, 9.17) is 13.9 Å². The van der Waals surface area contributed by atoms with Crippen LogP contribution in [0.2, 0.25) is 0 Å². The first-order valence-corrected chi connectivity index (χ1v) is 12.2. The van der Waals surface area contributed by atoms with E-state index in [1.807, 2.05) is 72.6 Å². The van der Waals surface area contributed by atoms with Crippen LogP contribution < -0.4 is 9.64 Å². The Morgan fingerprint density at radius 2 is 1.72 bits per heavy atom. The molecule has 3 aromatic carbocycles. The fourth-order valence-corrected chi connectivity index (χ4v) is 3.93. The molecule has 0 saturated heterocycles.